The number of fused-ring (bicyclic) bond motifs is 1. The summed E-state index contributed by atoms with van der Waals surface area (Å²) in [5, 5.41) is 0.521. The molecule has 0 aliphatic carbocycles. The molecule has 40 heavy (non-hydrogen) atoms. The molecule has 0 spiro atoms. The Morgan fingerprint density at radius 1 is 0.975 bits per heavy atom. The monoisotopic (exact) mass is 580 g/mol. The Morgan fingerprint density at radius 2 is 1.68 bits per heavy atom. The maximum Gasteiger partial charge on any atom is 0.260 e. The third kappa shape index (κ3) is 6.86. The van der Waals surface area contributed by atoms with Crippen molar-refractivity contribution in [3.8, 4) is 5.75 Å². The first-order chi connectivity index (χ1) is 19.1. The van der Waals surface area contributed by atoms with Gasteiger partial charge in [-0.3, -0.25) is 14.7 Å². The fraction of sp³-hybridized carbons (Fsp3) is 0.367. The van der Waals surface area contributed by atoms with E-state index in [-0.39, 0.29) is 29.2 Å². The molecule has 0 N–H and O–H groups in total. The molecule has 0 unspecified atom stereocenters. The zero-order valence-corrected chi connectivity index (χ0v) is 25.2. The maximum atomic E-state index is 13.9. The topological polar surface area (TPSA) is 92.7 Å². The normalized spacial score (nSPS) is 12.0. The van der Waals surface area contributed by atoms with Crippen LogP contribution in [0.2, 0.25) is 0 Å². The number of carbonyl (C=O) groups excluding carboxylic acids is 1. The van der Waals surface area contributed by atoms with Gasteiger partial charge < -0.3 is 4.74 Å². The van der Waals surface area contributed by atoms with Gasteiger partial charge in [-0.25, -0.2) is 13.4 Å². The summed E-state index contributed by atoms with van der Waals surface area (Å²) in [7, 11) is -3.71. The van der Waals surface area contributed by atoms with Gasteiger partial charge in [0.2, 0.25) is 10.0 Å². The number of carbonyl (C=O) groups is 1. The van der Waals surface area contributed by atoms with Gasteiger partial charge in [0.25, 0.3) is 5.91 Å². The predicted molar refractivity (Wildman–Crippen MR) is 160 cm³/mol. The van der Waals surface area contributed by atoms with Crippen LogP contribution in [0.25, 0.3) is 10.2 Å². The summed E-state index contributed by atoms with van der Waals surface area (Å²) in [5.41, 5.74) is 1.91. The minimum absolute atomic E-state index is 0.172. The molecule has 2 aromatic carbocycles. The zero-order chi connectivity index (χ0) is 28.9. The van der Waals surface area contributed by atoms with E-state index in [1.807, 2.05) is 65.0 Å². The highest BCUT2D eigenvalue weighted by molar-refractivity contribution is 7.89. The number of anilines is 1. The first-order valence-electron chi connectivity index (χ1n) is 13.4. The highest BCUT2D eigenvalue weighted by Crippen LogP contribution is 2.35. The average Bonchev–Trinajstić information content (AvgIpc) is 3.36. The second kappa shape index (κ2) is 12.9. The van der Waals surface area contributed by atoms with E-state index in [1.165, 1.54) is 27.8 Å². The molecular weight excluding hydrogens is 544 g/mol. The third-order valence-electron chi connectivity index (χ3n) is 6.09. The minimum Gasteiger partial charge on any atom is -0.492 e. The fourth-order valence-corrected chi connectivity index (χ4v) is 7.11. The molecule has 1 amide bonds. The number of hydrogen-bond donors (Lipinski definition) is 0. The molecule has 0 radical (unpaired) electrons. The summed E-state index contributed by atoms with van der Waals surface area (Å²) in [5.74, 6) is 0.754. The van der Waals surface area contributed by atoms with Gasteiger partial charge in [0.05, 0.1) is 22.7 Å². The molecule has 0 atom stereocenters. The smallest absolute Gasteiger partial charge is 0.260 e. The summed E-state index contributed by atoms with van der Waals surface area (Å²) in [4.78, 5) is 24.7. The summed E-state index contributed by atoms with van der Waals surface area (Å²) >= 11 is 1.40. The summed E-state index contributed by atoms with van der Waals surface area (Å²) < 4.78 is 35.1. The number of sulfonamides is 1. The number of pyridine rings is 1. The van der Waals surface area contributed by atoms with Gasteiger partial charge in [0.1, 0.15) is 11.3 Å². The number of nitrogens with zero attached hydrogens (tertiary/aromatic N) is 4. The number of ether oxygens (including phenoxy) is 1. The van der Waals surface area contributed by atoms with Crippen molar-refractivity contribution in [1.82, 2.24) is 14.3 Å². The van der Waals surface area contributed by atoms with Gasteiger partial charge in [-0.05, 0) is 66.8 Å². The molecule has 0 bridgehead atoms. The van der Waals surface area contributed by atoms with Gasteiger partial charge in [-0.15, -0.1) is 0 Å². The van der Waals surface area contributed by atoms with Gasteiger partial charge in [0, 0.05) is 31.0 Å². The van der Waals surface area contributed by atoms with E-state index in [1.54, 1.807) is 29.4 Å². The lowest BCUT2D eigenvalue weighted by molar-refractivity contribution is 0.0985. The Balaban J connectivity index is 1.69. The van der Waals surface area contributed by atoms with E-state index in [9.17, 15) is 13.2 Å². The van der Waals surface area contributed by atoms with E-state index in [2.05, 4.69) is 4.98 Å². The summed E-state index contributed by atoms with van der Waals surface area (Å²) in [6, 6.07) is 15.6. The van der Waals surface area contributed by atoms with Crippen molar-refractivity contribution in [3.05, 3.63) is 78.1 Å². The van der Waals surface area contributed by atoms with E-state index in [0.29, 0.717) is 41.7 Å². The van der Waals surface area contributed by atoms with Crippen LogP contribution in [0.3, 0.4) is 0 Å². The highest BCUT2D eigenvalue weighted by atomic mass is 32.2. The quantitative estimate of drug-likeness (QED) is 0.197. The van der Waals surface area contributed by atoms with Crippen molar-refractivity contribution in [2.45, 2.75) is 46.1 Å². The van der Waals surface area contributed by atoms with E-state index in [0.717, 1.165) is 10.3 Å². The lowest BCUT2D eigenvalue weighted by atomic mass is 10.2. The molecule has 2 heterocycles. The number of rotatable bonds is 12. The van der Waals surface area contributed by atoms with Crippen LogP contribution >= 0.6 is 11.3 Å². The molecular formula is C30H36N4O4S2. The first-order valence-corrected chi connectivity index (χ1v) is 15.7. The number of hydrogen-bond acceptors (Lipinski definition) is 7. The van der Waals surface area contributed by atoms with Gasteiger partial charge in [-0.1, -0.05) is 51.2 Å². The molecule has 8 nitrogen and oxygen atoms in total. The Labute approximate surface area is 240 Å². The highest BCUT2D eigenvalue weighted by Gasteiger charge is 2.27. The van der Waals surface area contributed by atoms with Crippen LogP contribution in [-0.2, 0) is 16.6 Å². The molecule has 0 aliphatic rings. The predicted octanol–water partition coefficient (Wildman–Crippen LogP) is 6.24. The number of benzene rings is 2. The van der Waals surface area contributed by atoms with Crippen molar-refractivity contribution < 1.29 is 17.9 Å². The lowest BCUT2D eigenvalue weighted by Gasteiger charge is -2.26. The second-order valence-electron chi connectivity index (χ2n) is 10.4. The van der Waals surface area contributed by atoms with Crippen LogP contribution in [0.4, 0.5) is 5.13 Å². The van der Waals surface area contributed by atoms with Gasteiger partial charge >= 0.3 is 0 Å². The zero-order valence-electron chi connectivity index (χ0n) is 23.6. The van der Waals surface area contributed by atoms with Crippen molar-refractivity contribution in [3.63, 3.8) is 0 Å². The van der Waals surface area contributed by atoms with Crippen molar-refractivity contribution in [2.75, 3.05) is 24.6 Å². The average molecular weight is 581 g/mol. The van der Waals surface area contributed by atoms with Crippen molar-refractivity contribution in [1.29, 1.82) is 0 Å². The lowest BCUT2D eigenvalue weighted by Crippen LogP contribution is -2.37. The van der Waals surface area contributed by atoms with Crippen molar-refractivity contribution in [2.24, 2.45) is 11.8 Å². The number of amides is 1. The molecule has 0 aliphatic heterocycles. The van der Waals surface area contributed by atoms with E-state index >= 15 is 0 Å². The molecule has 10 heteroatoms. The second-order valence-corrected chi connectivity index (χ2v) is 13.4. The van der Waals surface area contributed by atoms with Crippen LogP contribution in [0.15, 0.2) is 71.9 Å². The summed E-state index contributed by atoms with van der Waals surface area (Å²) in [6.07, 6.45) is 3.40. The molecule has 0 fully saturated rings. The number of thiazole rings is 1. The molecule has 4 rings (SSSR count). The first kappa shape index (κ1) is 29.6. The Morgan fingerprint density at radius 3 is 2.27 bits per heavy atom. The van der Waals surface area contributed by atoms with Crippen molar-refractivity contribution >= 4 is 42.6 Å². The van der Waals surface area contributed by atoms with Crippen LogP contribution in [0.1, 0.15) is 50.5 Å². The van der Waals surface area contributed by atoms with Crippen LogP contribution < -0.4 is 9.64 Å². The number of para-hydroxylation sites is 1. The van der Waals surface area contributed by atoms with Crippen LogP contribution in [0, 0.1) is 11.8 Å². The molecule has 0 saturated heterocycles. The largest absolute Gasteiger partial charge is 0.492 e. The standard InChI is InChI=1S/C30H36N4O4S2/c1-6-38-26-10-7-11-27-28(26)32-30(39-27)34(20-23-9-8-16-31-17-23)29(35)24-12-14-25(15-13-24)40(36,37)33(18-21(2)3)19-22(4)5/h7-17,21-22H,6,18-20H2,1-5H3. The Bertz CT molecular complexity index is 1530. The molecule has 2 aromatic heterocycles. The van der Waals surface area contributed by atoms with Gasteiger partial charge in [0.15, 0.2) is 5.13 Å². The SMILES string of the molecule is CCOc1cccc2sc(N(Cc3cccnc3)C(=O)c3ccc(S(=O)(=O)N(CC(C)C)CC(C)C)cc3)nc12. The fourth-order valence-electron chi connectivity index (χ4n) is 4.36. The van der Waals surface area contributed by atoms with Crippen LogP contribution in [-0.4, -0.2) is 48.3 Å². The Kier molecular flexibility index (Phi) is 9.55. The molecule has 4 aromatic rings. The molecule has 0 saturated carbocycles. The van der Waals surface area contributed by atoms with Crippen LogP contribution in [0.5, 0.6) is 5.75 Å². The minimum atomic E-state index is -3.71. The Hall–Kier alpha value is -3.34. The van der Waals surface area contributed by atoms with Gasteiger partial charge in [-0.2, -0.15) is 4.31 Å². The van der Waals surface area contributed by atoms with E-state index in [4.69, 9.17) is 9.72 Å². The number of aromatic nitrogens is 2. The van der Waals surface area contributed by atoms with E-state index < -0.39 is 10.0 Å². The third-order valence-corrected chi connectivity index (χ3v) is 8.98. The molecule has 212 valence electrons. The maximum absolute atomic E-state index is 13.9. The summed E-state index contributed by atoms with van der Waals surface area (Å²) in [6.45, 7) is 11.5.